The van der Waals surface area contributed by atoms with E-state index in [9.17, 15) is 13.2 Å². The number of rotatable bonds is 5. The maximum Gasteiger partial charge on any atom is 0.417 e. The standard InChI is InChI=1S/C20H22F3N3/c1-4-6-11-26-19-18(13(3)25-26)16(20(21,22)23)12-17(24-19)15-9-7-14(5-2)8-10-15/h7-10,12H,4-6,11H2,1-3H3. The molecule has 2 aromatic heterocycles. The molecule has 0 fully saturated rings. The Kier molecular flexibility index (Phi) is 5.03. The SMILES string of the molecule is CCCCn1nc(C)c2c(C(F)(F)F)cc(-c3ccc(CC)cc3)nc21. The third-order valence-electron chi connectivity index (χ3n) is 4.56. The van der Waals surface area contributed by atoms with Crippen molar-refractivity contribution < 1.29 is 13.2 Å². The summed E-state index contributed by atoms with van der Waals surface area (Å²) >= 11 is 0. The summed E-state index contributed by atoms with van der Waals surface area (Å²) in [6.45, 7) is 6.24. The number of halogens is 3. The third kappa shape index (κ3) is 3.45. The Balaban J connectivity index is 2.23. The molecule has 6 heteroatoms. The second-order valence-electron chi connectivity index (χ2n) is 6.46. The first-order chi connectivity index (χ1) is 12.3. The Bertz CT molecular complexity index is 909. The topological polar surface area (TPSA) is 30.7 Å². The first-order valence-electron chi connectivity index (χ1n) is 8.89. The van der Waals surface area contributed by atoms with Crippen molar-refractivity contribution >= 4 is 11.0 Å². The van der Waals surface area contributed by atoms with Crippen LogP contribution < -0.4 is 0 Å². The van der Waals surface area contributed by atoms with Crippen LogP contribution in [0.15, 0.2) is 30.3 Å². The number of fused-ring (bicyclic) bond motifs is 1. The number of hydrogen-bond donors (Lipinski definition) is 0. The largest absolute Gasteiger partial charge is 0.417 e. The first kappa shape index (κ1) is 18.4. The lowest BCUT2D eigenvalue weighted by atomic mass is 10.0. The van der Waals surface area contributed by atoms with Crippen LogP contribution in [0.3, 0.4) is 0 Å². The second-order valence-corrected chi connectivity index (χ2v) is 6.46. The number of unbranched alkanes of at least 4 members (excludes halogenated alkanes) is 1. The highest BCUT2D eigenvalue weighted by Gasteiger charge is 2.35. The molecule has 1 aromatic carbocycles. The van der Waals surface area contributed by atoms with Gasteiger partial charge < -0.3 is 0 Å². The van der Waals surface area contributed by atoms with Gasteiger partial charge in [-0.15, -0.1) is 0 Å². The molecule has 0 N–H and O–H groups in total. The van der Waals surface area contributed by atoms with E-state index in [1.165, 1.54) is 0 Å². The van der Waals surface area contributed by atoms with Gasteiger partial charge in [0.25, 0.3) is 0 Å². The Morgan fingerprint density at radius 2 is 1.77 bits per heavy atom. The maximum atomic E-state index is 13.7. The van der Waals surface area contributed by atoms with Crippen LogP contribution in [0.25, 0.3) is 22.3 Å². The van der Waals surface area contributed by atoms with Gasteiger partial charge in [-0.05, 0) is 31.4 Å². The molecule has 0 aliphatic carbocycles. The summed E-state index contributed by atoms with van der Waals surface area (Å²) in [6, 6.07) is 8.64. The summed E-state index contributed by atoms with van der Waals surface area (Å²) in [5.41, 5.74) is 2.14. The van der Waals surface area contributed by atoms with E-state index in [0.29, 0.717) is 29.1 Å². The lowest BCUT2D eigenvalue weighted by molar-refractivity contribution is -0.136. The van der Waals surface area contributed by atoms with Gasteiger partial charge in [-0.25, -0.2) is 9.67 Å². The minimum atomic E-state index is -4.46. The van der Waals surface area contributed by atoms with Crippen molar-refractivity contribution in [2.75, 3.05) is 0 Å². The van der Waals surface area contributed by atoms with Crippen molar-refractivity contribution in [1.82, 2.24) is 14.8 Å². The van der Waals surface area contributed by atoms with E-state index < -0.39 is 11.7 Å². The predicted octanol–water partition coefficient (Wildman–Crippen LogP) is 5.79. The van der Waals surface area contributed by atoms with Crippen molar-refractivity contribution in [3.63, 3.8) is 0 Å². The molecule has 0 atom stereocenters. The van der Waals surface area contributed by atoms with Crippen LogP contribution >= 0.6 is 0 Å². The molecule has 0 radical (unpaired) electrons. The van der Waals surface area contributed by atoms with Crippen molar-refractivity contribution in [3.8, 4) is 11.3 Å². The molecular weight excluding hydrogens is 339 g/mol. The van der Waals surface area contributed by atoms with Crippen LogP contribution in [0, 0.1) is 6.92 Å². The predicted molar refractivity (Wildman–Crippen MR) is 97.0 cm³/mol. The summed E-state index contributed by atoms with van der Waals surface area (Å²) in [4.78, 5) is 4.55. The second kappa shape index (κ2) is 7.09. The number of alkyl halides is 3. The summed E-state index contributed by atoms with van der Waals surface area (Å²) < 4.78 is 42.7. The number of aryl methyl sites for hydroxylation is 3. The molecule has 3 aromatic rings. The monoisotopic (exact) mass is 361 g/mol. The van der Waals surface area contributed by atoms with Crippen molar-refractivity contribution in [2.45, 2.75) is 52.8 Å². The molecule has 26 heavy (non-hydrogen) atoms. The molecule has 0 aliphatic heterocycles. The summed E-state index contributed by atoms with van der Waals surface area (Å²) in [7, 11) is 0. The molecule has 0 saturated carbocycles. The van der Waals surface area contributed by atoms with Gasteiger partial charge >= 0.3 is 6.18 Å². The van der Waals surface area contributed by atoms with Crippen LogP contribution in [0.5, 0.6) is 0 Å². The minimum absolute atomic E-state index is 0.0996. The van der Waals surface area contributed by atoms with Crippen molar-refractivity contribution in [2.24, 2.45) is 0 Å². The van der Waals surface area contributed by atoms with Gasteiger partial charge in [-0.3, -0.25) is 0 Å². The van der Waals surface area contributed by atoms with Gasteiger partial charge in [0.1, 0.15) is 0 Å². The van der Waals surface area contributed by atoms with Gasteiger partial charge in [0.15, 0.2) is 5.65 Å². The van der Waals surface area contributed by atoms with Crippen molar-refractivity contribution in [1.29, 1.82) is 0 Å². The number of aromatic nitrogens is 3. The fraction of sp³-hybridized carbons (Fsp3) is 0.400. The van der Waals surface area contributed by atoms with Crippen LogP contribution in [0.2, 0.25) is 0 Å². The molecule has 0 amide bonds. The van der Waals surface area contributed by atoms with Crippen LogP contribution in [0.1, 0.15) is 43.5 Å². The van der Waals surface area contributed by atoms with Gasteiger partial charge in [-0.1, -0.05) is 44.5 Å². The average Bonchev–Trinajstić information content (AvgIpc) is 2.94. The zero-order valence-corrected chi connectivity index (χ0v) is 15.2. The summed E-state index contributed by atoms with van der Waals surface area (Å²) in [5.74, 6) is 0. The zero-order chi connectivity index (χ0) is 18.9. The average molecular weight is 361 g/mol. The summed E-state index contributed by atoms with van der Waals surface area (Å²) in [6.07, 6.45) is -1.80. The molecule has 0 unspecified atom stereocenters. The van der Waals surface area contributed by atoms with E-state index in [2.05, 4.69) is 10.1 Å². The molecule has 0 saturated heterocycles. The van der Waals surface area contributed by atoms with Gasteiger partial charge in [0.05, 0.1) is 22.3 Å². The number of hydrogen-bond acceptors (Lipinski definition) is 2. The van der Waals surface area contributed by atoms with Crippen LogP contribution in [-0.4, -0.2) is 14.8 Å². The smallest absolute Gasteiger partial charge is 0.247 e. The molecule has 0 spiro atoms. The van der Waals surface area contributed by atoms with E-state index in [1.807, 2.05) is 38.1 Å². The van der Waals surface area contributed by atoms with E-state index in [-0.39, 0.29) is 5.39 Å². The van der Waals surface area contributed by atoms with E-state index in [4.69, 9.17) is 0 Å². The van der Waals surface area contributed by atoms with Crippen molar-refractivity contribution in [3.05, 3.63) is 47.2 Å². The third-order valence-corrected chi connectivity index (χ3v) is 4.56. The highest BCUT2D eigenvalue weighted by molar-refractivity contribution is 5.85. The number of benzene rings is 1. The lowest BCUT2D eigenvalue weighted by Gasteiger charge is -2.12. The molecule has 3 nitrogen and oxygen atoms in total. The Hall–Kier alpha value is -2.37. The van der Waals surface area contributed by atoms with E-state index >= 15 is 0 Å². The molecular formula is C20H22F3N3. The zero-order valence-electron chi connectivity index (χ0n) is 15.2. The Labute approximate surface area is 150 Å². The Morgan fingerprint density at radius 3 is 2.35 bits per heavy atom. The fourth-order valence-corrected chi connectivity index (χ4v) is 3.10. The molecule has 3 rings (SSSR count). The van der Waals surface area contributed by atoms with E-state index in [1.54, 1.807) is 11.6 Å². The van der Waals surface area contributed by atoms with Crippen LogP contribution in [-0.2, 0) is 19.1 Å². The number of pyridine rings is 1. The first-order valence-corrected chi connectivity index (χ1v) is 8.89. The van der Waals surface area contributed by atoms with Gasteiger partial charge in [0.2, 0.25) is 0 Å². The van der Waals surface area contributed by atoms with Gasteiger partial charge in [-0.2, -0.15) is 18.3 Å². The minimum Gasteiger partial charge on any atom is -0.247 e. The maximum absolute atomic E-state index is 13.7. The van der Waals surface area contributed by atoms with Crippen LogP contribution in [0.4, 0.5) is 13.2 Å². The number of nitrogens with zero attached hydrogens (tertiary/aromatic N) is 3. The highest BCUT2D eigenvalue weighted by Crippen LogP contribution is 2.38. The molecule has 0 bridgehead atoms. The fourth-order valence-electron chi connectivity index (χ4n) is 3.10. The highest BCUT2D eigenvalue weighted by atomic mass is 19.4. The lowest BCUT2D eigenvalue weighted by Crippen LogP contribution is -2.08. The van der Waals surface area contributed by atoms with Gasteiger partial charge in [0, 0.05) is 12.1 Å². The Morgan fingerprint density at radius 1 is 1.08 bits per heavy atom. The summed E-state index contributed by atoms with van der Waals surface area (Å²) in [5, 5.41) is 4.42. The molecule has 138 valence electrons. The van der Waals surface area contributed by atoms with E-state index in [0.717, 1.165) is 30.9 Å². The molecule has 2 heterocycles. The normalized spacial score (nSPS) is 12.1. The quantitative estimate of drug-likeness (QED) is 0.576. The molecule has 0 aliphatic rings.